The van der Waals surface area contributed by atoms with Crippen molar-refractivity contribution in [2.75, 3.05) is 5.32 Å². The first-order valence-corrected chi connectivity index (χ1v) is 8.69. The Hall–Kier alpha value is -3.48. The van der Waals surface area contributed by atoms with Crippen molar-refractivity contribution in [1.82, 2.24) is 19.6 Å². The molecule has 1 aliphatic carbocycles. The average molecular weight is 361 g/mol. The monoisotopic (exact) mass is 361 g/mol. The van der Waals surface area contributed by atoms with Crippen LogP contribution in [-0.4, -0.2) is 30.7 Å². The van der Waals surface area contributed by atoms with E-state index in [9.17, 15) is 9.50 Å². The van der Waals surface area contributed by atoms with Gasteiger partial charge < -0.3 is 10.4 Å². The molecule has 1 aromatic carbocycles. The van der Waals surface area contributed by atoms with Gasteiger partial charge in [0.2, 0.25) is 0 Å². The van der Waals surface area contributed by atoms with Gasteiger partial charge in [0.25, 0.3) is 0 Å². The summed E-state index contributed by atoms with van der Waals surface area (Å²) in [5.74, 6) is 0.670. The van der Waals surface area contributed by atoms with Crippen molar-refractivity contribution in [2.45, 2.75) is 18.9 Å². The van der Waals surface area contributed by atoms with Crippen LogP contribution in [0.3, 0.4) is 0 Å². The first-order valence-electron chi connectivity index (χ1n) is 8.69. The summed E-state index contributed by atoms with van der Waals surface area (Å²) in [6.45, 7) is 0. The molecule has 0 bridgehead atoms. The van der Waals surface area contributed by atoms with Gasteiger partial charge in [0.15, 0.2) is 5.65 Å². The number of phenolic OH excluding ortho intramolecular Hbond substituents is 1. The van der Waals surface area contributed by atoms with Gasteiger partial charge in [0.1, 0.15) is 17.4 Å². The first kappa shape index (κ1) is 15.7. The van der Waals surface area contributed by atoms with E-state index >= 15 is 0 Å². The molecule has 1 unspecified atom stereocenters. The minimum Gasteiger partial charge on any atom is -0.508 e. The fourth-order valence-electron chi connectivity index (χ4n) is 3.63. The quantitative estimate of drug-likeness (QED) is 0.586. The molecule has 0 aliphatic heterocycles. The highest BCUT2D eigenvalue weighted by Crippen LogP contribution is 2.29. The van der Waals surface area contributed by atoms with E-state index in [1.807, 2.05) is 24.3 Å². The summed E-state index contributed by atoms with van der Waals surface area (Å²) in [4.78, 5) is 8.47. The molecule has 1 aliphatic rings. The molecule has 5 rings (SSSR count). The van der Waals surface area contributed by atoms with Gasteiger partial charge in [-0.15, -0.1) is 0 Å². The van der Waals surface area contributed by atoms with Crippen LogP contribution in [0.1, 0.15) is 11.1 Å². The summed E-state index contributed by atoms with van der Waals surface area (Å²) in [7, 11) is 0. The van der Waals surface area contributed by atoms with Gasteiger partial charge in [-0.2, -0.15) is 9.61 Å². The Morgan fingerprint density at radius 3 is 2.85 bits per heavy atom. The van der Waals surface area contributed by atoms with Crippen LogP contribution in [0.5, 0.6) is 5.75 Å². The average Bonchev–Trinajstić information content (AvgIpc) is 3.27. The van der Waals surface area contributed by atoms with Crippen LogP contribution in [0.2, 0.25) is 0 Å². The third-order valence-electron chi connectivity index (χ3n) is 4.83. The smallest absolute Gasteiger partial charge is 0.157 e. The minimum absolute atomic E-state index is 0.176. The molecular formula is C20H16FN5O. The van der Waals surface area contributed by atoms with Gasteiger partial charge in [0.05, 0.1) is 18.1 Å². The summed E-state index contributed by atoms with van der Waals surface area (Å²) in [6.07, 6.45) is 6.12. The van der Waals surface area contributed by atoms with Crippen LogP contribution in [0, 0.1) is 5.82 Å². The number of hydrogen-bond acceptors (Lipinski definition) is 5. The number of phenols is 1. The number of fused-ring (bicyclic) bond motifs is 2. The Morgan fingerprint density at radius 2 is 1.96 bits per heavy atom. The lowest BCUT2D eigenvalue weighted by atomic mass is 10.1. The lowest BCUT2D eigenvalue weighted by Crippen LogP contribution is -2.21. The zero-order valence-electron chi connectivity index (χ0n) is 14.3. The normalized spacial score (nSPS) is 15.8. The number of halogens is 1. The van der Waals surface area contributed by atoms with Crippen molar-refractivity contribution in [3.05, 3.63) is 71.9 Å². The molecule has 7 heteroatoms. The summed E-state index contributed by atoms with van der Waals surface area (Å²) in [5, 5.41) is 17.6. The highest BCUT2D eigenvalue weighted by molar-refractivity contribution is 5.66. The van der Waals surface area contributed by atoms with Crippen molar-refractivity contribution in [1.29, 1.82) is 0 Å². The Morgan fingerprint density at radius 1 is 1.07 bits per heavy atom. The van der Waals surface area contributed by atoms with E-state index in [0.717, 1.165) is 24.2 Å². The number of hydrogen-bond donors (Lipinski definition) is 2. The van der Waals surface area contributed by atoms with E-state index in [0.29, 0.717) is 16.9 Å². The van der Waals surface area contributed by atoms with Crippen LogP contribution in [-0.2, 0) is 12.8 Å². The molecular weight excluding hydrogens is 345 g/mol. The summed E-state index contributed by atoms with van der Waals surface area (Å²) >= 11 is 0. The second-order valence-corrected chi connectivity index (χ2v) is 6.72. The summed E-state index contributed by atoms with van der Waals surface area (Å²) in [6, 6.07) is 10.8. The maximum absolute atomic E-state index is 13.6. The molecule has 134 valence electrons. The predicted molar refractivity (Wildman–Crippen MR) is 99.1 cm³/mol. The topological polar surface area (TPSA) is 75.3 Å². The van der Waals surface area contributed by atoms with Gasteiger partial charge >= 0.3 is 0 Å². The maximum Gasteiger partial charge on any atom is 0.157 e. The van der Waals surface area contributed by atoms with E-state index in [-0.39, 0.29) is 11.8 Å². The zero-order chi connectivity index (χ0) is 18.4. The highest BCUT2D eigenvalue weighted by Gasteiger charge is 2.23. The fraction of sp³-hybridized carbons (Fsp3) is 0.150. The van der Waals surface area contributed by atoms with Gasteiger partial charge in [-0.05, 0) is 42.2 Å². The Kier molecular flexibility index (Phi) is 3.53. The largest absolute Gasteiger partial charge is 0.508 e. The van der Waals surface area contributed by atoms with Crippen molar-refractivity contribution in [3.63, 3.8) is 0 Å². The zero-order valence-corrected chi connectivity index (χ0v) is 14.3. The molecule has 6 nitrogen and oxygen atoms in total. The van der Waals surface area contributed by atoms with E-state index < -0.39 is 5.82 Å². The molecule has 1 atom stereocenters. The molecule has 0 fully saturated rings. The molecule has 27 heavy (non-hydrogen) atoms. The van der Waals surface area contributed by atoms with Crippen molar-refractivity contribution >= 4 is 11.5 Å². The Labute approximate surface area is 154 Å². The standard InChI is InChI=1S/C20H16FN5O/c21-15-5-14(10-22-11-15)18-9-20(26-19(25-18)3-4-23-26)24-16-6-12-1-2-17(27)8-13(12)7-16/h1-5,8-11,16,24,27H,6-7H2. The highest BCUT2D eigenvalue weighted by atomic mass is 19.1. The van der Waals surface area contributed by atoms with Gasteiger partial charge in [-0.3, -0.25) is 4.98 Å². The second kappa shape index (κ2) is 6.05. The van der Waals surface area contributed by atoms with Crippen LogP contribution in [0.25, 0.3) is 16.9 Å². The molecule has 0 spiro atoms. The molecule has 0 radical (unpaired) electrons. The number of rotatable bonds is 3. The van der Waals surface area contributed by atoms with E-state index in [1.54, 1.807) is 23.0 Å². The van der Waals surface area contributed by atoms with Crippen LogP contribution in [0.4, 0.5) is 10.2 Å². The lowest BCUT2D eigenvalue weighted by molar-refractivity contribution is 0.474. The number of benzene rings is 1. The summed E-state index contributed by atoms with van der Waals surface area (Å²) in [5.41, 5.74) is 4.29. The van der Waals surface area contributed by atoms with Crippen LogP contribution in [0.15, 0.2) is 55.0 Å². The number of aromatic hydroxyl groups is 1. The fourth-order valence-corrected chi connectivity index (χ4v) is 3.63. The molecule has 3 aromatic heterocycles. The summed E-state index contributed by atoms with van der Waals surface area (Å²) < 4.78 is 15.3. The number of pyridine rings is 1. The molecule has 0 saturated heterocycles. The van der Waals surface area contributed by atoms with Crippen molar-refractivity contribution < 1.29 is 9.50 Å². The SMILES string of the molecule is Oc1ccc2c(c1)CC(Nc1cc(-c3cncc(F)c3)nc3ccnn13)C2. The third kappa shape index (κ3) is 2.87. The number of anilines is 1. The Balaban J connectivity index is 1.51. The van der Waals surface area contributed by atoms with E-state index in [4.69, 9.17) is 0 Å². The first-order chi connectivity index (χ1) is 13.2. The molecule has 4 aromatic rings. The second-order valence-electron chi connectivity index (χ2n) is 6.72. The number of aromatic nitrogens is 4. The third-order valence-corrected chi connectivity index (χ3v) is 4.83. The Bertz CT molecular complexity index is 1160. The predicted octanol–water partition coefficient (Wildman–Crippen LogP) is 3.22. The molecule has 0 amide bonds. The molecule has 3 heterocycles. The van der Waals surface area contributed by atoms with Gasteiger partial charge in [0, 0.05) is 29.9 Å². The number of nitrogens with one attached hydrogen (secondary N) is 1. The molecule has 0 saturated carbocycles. The van der Waals surface area contributed by atoms with Gasteiger partial charge in [-0.25, -0.2) is 9.37 Å². The van der Waals surface area contributed by atoms with E-state index in [1.165, 1.54) is 17.8 Å². The van der Waals surface area contributed by atoms with Gasteiger partial charge in [-0.1, -0.05) is 6.07 Å². The minimum atomic E-state index is -0.400. The van der Waals surface area contributed by atoms with E-state index in [2.05, 4.69) is 20.4 Å². The lowest BCUT2D eigenvalue weighted by Gasteiger charge is -2.15. The number of nitrogens with zero attached hydrogens (tertiary/aromatic N) is 4. The maximum atomic E-state index is 13.6. The molecule has 2 N–H and O–H groups in total. The van der Waals surface area contributed by atoms with Crippen molar-refractivity contribution in [3.8, 4) is 17.0 Å². The van der Waals surface area contributed by atoms with Crippen LogP contribution >= 0.6 is 0 Å². The van der Waals surface area contributed by atoms with Crippen molar-refractivity contribution in [2.24, 2.45) is 0 Å². The van der Waals surface area contributed by atoms with Crippen LogP contribution < -0.4 is 5.32 Å².